The number of aromatic nitrogens is 2. The Kier molecular flexibility index (Phi) is 6.79. The van der Waals surface area contributed by atoms with Crippen molar-refractivity contribution in [1.82, 2.24) is 9.97 Å². The molecular weight excluding hydrogens is 446 g/mol. The molecule has 3 N–H and O–H groups in total. The molecule has 1 aromatic heterocycles. The van der Waals surface area contributed by atoms with Crippen LogP contribution in [0.2, 0.25) is 0 Å². The van der Waals surface area contributed by atoms with Gasteiger partial charge in [-0.05, 0) is 88.3 Å². The summed E-state index contributed by atoms with van der Waals surface area (Å²) in [5.74, 6) is 0.898. The van der Waals surface area contributed by atoms with Crippen molar-refractivity contribution in [3.63, 3.8) is 0 Å². The average molecular weight is 470 g/mol. The minimum Gasteiger partial charge on any atom is -0.388 e. The first-order valence-electron chi connectivity index (χ1n) is 8.45. The molecule has 0 spiro atoms. The summed E-state index contributed by atoms with van der Waals surface area (Å²) in [7, 11) is -2.21. The molecule has 28 heavy (non-hydrogen) atoms. The quantitative estimate of drug-likeness (QED) is 0.512. The van der Waals surface area contributed by atoms with E-state index in [4.69, 9.17) is 0 Å². The van der Waals surface area contributed by atoms with Crippen LogP contribution in [0.25, 0.3) is 0 Å². The smallest absolute Gasteiger partial charge is 0.229 e. The van der Waals surface area contributed by atoms with Gasteiger partial charge in [-0.25, -0.2) is 4.98 Å². The largest absolute Gasteiger partial charge is 0.388 e. The van der Waals surface area contributed by atoms with E-state index in [0.717, 1.165) is 0 Å². The molecule has 0 aliphatic rings. The van der Waals surface area contributed by atoms with Crippen LogP contribution in [0.5, 0.6) is 0 Å². The maximum Gasteiger partial charge on any atom is 0.229 e. The van der Waals surface area contributed by atoms with E-state index < -0.39 is 15.8 Å². The van der Waals surface area contributed by atoms with E-state index in [0.29, 0.717) is 27.5 Å². The van der Waals surface area contributed by atoms with Crippen LogP contribution in [0, 0.1) is 4.91 Å². The lowest BCUT2D eigenvalue weighted by atomic mass is 10.0. The molecule has 0 bridgehead atoms. The second-order valence-corrected chi connectivity index (χ2v) is 11.2. The molecule has 0 saturated heterocycles. The van der Waals surface area contributed by atoms with Crippen molar-refractivity contribution >= 4 is 48.7 Å². The van der Waals surface area contributed by atoms with Crippen molar-refractivity contribution in [1.29, 1.82) is 0 Å². The lowest BCUT2D eigenvalue weighted by Gasteiger charge is -2.27. The van der Waals surface area contributed by atoms with Gasteiger partial charge in [-0.1, -0.05) is 0 Å². The lowest BCUT2D eigenvalue weighted by molar-refractivity contribution is 0.0647. The number of aliphatic hydroxyl groups is 1. The van der Waals surface area contributed by atoms with Gasteiger partial charge in [-0.3, -0.25) is 4.79 Å². The molecule has 8 nitrogen and oxygen atoms in total. The third kappa shape index (κ3) is 5.49. The molecule has 1 atom stereocenters. The number of rotatable bonds is 7. The van der Waals surface area contributed by atoms with E-state index in [9.17, 15) is 14.8 Å². The van der Waals surface area contributed by atoms with Crippen LogP contribution in [0.1, 0.15) is 31.1 Å². The minimum atomic E-state index is -2.21. The van der Waals surface area contributed by atoms with Gasteiger partial charge in [0.2, 0.25) is 11.1 Å². The molecule has 2 aromatic rings. The SMILES string of the molecule is C[C@@H](Nc1nc(Nc2ccc(C(=O)S(C)(C)N=O)cc2)ncc1Br)C(C)(C)O. The number of halogens is 1. The summed E-state index contributed by atoms with van der Waals surface area (Å²) in [6, 6.07) is 6.46. The monoisotopic (exact) mass is 469 g/mol. The Morgan fingerprint density at radius 3 is 2.43 bits per heavy atom. The zero-order valence-corrected chi connectivity index (χ0v) is 18.8. The fourth-order valence-electron chi connectivity index (χ4n) is 2.05. The van der Waals surface area contributed by atoms with Crippen molar-refractivity contribution < 1.29 is 9.90 Å². The molecule has 0 aliphatic heterocycles. The molecule has 152 valence electrons. The highest BCUT2D eigenvalue weighted by Crippen LogP contribution is 2.44. The van der Waals surface area contributed by atoms with Gasteiger partial charge in [0.25, 0.3) is 0 Å². The van der Waals surface area contributed by atoms with Crippen molar-refractivity contribution in [3.05, 3.63) is 45.4 Å². The van der Waals surface area contributed by atoms with Crippen LogP contribution in [0.4, 0.5) is 17.5 Å². The number of nitroso groups, excluding NO2 is 1. The second-order valence-electron chi connectivity index (χ2n) is 7.25. The third-order valence-electron chi connectivity index (χ3n) is 4.17. The normalized spacial score (nSPS) is 13.5. The molecule has 2 rings (SSSR count). The Hall–Kier alpha value is -2.04. The van der Waals surface area contributed by atoms with Gasteiger partial charge in [-0.15, -0.1) is 4.91 Å². The van der Waals surface area contributed by atoms with Crippen molar-refractivity contribution in [2.45, 2.75) is 32.4 Å². The van der Waals surface area contributed by atoms with Crippen LogP contribution < -0.4 is 10.6 Å². The van der Waals surface area contributed by atoms with E-state index in [1.54, 1.807) is 56.8 Å². The first-order chi connectivity index (χ1) is 12.9. The summed E-state index contributed by atoms with van der Waals surface area (Å²) < 4.78 is 3.63. The molecule has 0 saturated carbocycles. The Morgan fingerprint density at radius 1 is 1.29 bits per heavy atom. The van der Waals surface area contributed by atoms with Gasteiger partial charge < -0.3 is 15.7 Å². The van der Waals surface area contributed by atoms with Gasteiger partial charge >= 0.3 is 0 Å². The number of nitrogens with zero attached hydrogens (tertiary/aromatic N) is 3. The Balaban J connectivity index is 2.17. The number of nitrogens with one attached hydrogen (secondary N) is 2. The zero-order chi connectivity index (χ0) is 21.1. The summed E-state index contributed by atoms with van der Waals surface area (Å²) in [5.41, 5.74) is 0.197. The van der Waals surface area contributed by atoms with Crippen LogP contribution in [-0.2, 0) is 0 Å². The minimum absolute atomic E-state index is 0.242. The maximum atomic E-state index is 12.3. The standard InChI is InChI=1S/C18H24BrN5O3S/c1-11(18(2,3)26)21-15-14(19)10-20-17(23-15)22-13-8-6-12(7-9-13)16(25)28(4,5)24-27/h6-11,26H,1-5H3,(H2,20,21,22,23)/t11-/m1/s1. The highest BCUT2D eigenvalue weighted by molar-refractivity contribution is 9.10. The Bertz CT molecular complexity index is 869. The molecule has 1 aromatic carbocycles. The highest BCUT2D eigenvalue weighted by Gasteiger charge is 2.25. The van der Waals surface area contributed by atoms with Crippen LogP contribution in [0.3, 0.4) is 0 Å². The molecule has 10 heteroatoms. The molecule has 0 amide bonds. The van der Waals surface area contributed by atoms with Gasteiger partial charge in [0, 0.05) is 17.4 Å². The highest BCUT2D eigenvalue weighted by atomic mass is 79.9. The van der Waals surface area contributed by atoms with E-state index in [1.807, 2.05) is 6.92 Å². The first-order valence-corrected chi connectivity index (χ1v) is 11.6. The van der Waals surface area contributed by atoms with E-state index in [1.165, 1.54) is 0 Å². The van der Waals surface area contributed by atoms with Gasteiger partial charge in [0.05, 0.1) is 16.1 Å². The molecular formula is C18H24BrN5O3S. The van der Waals surface area contributed by atoms with Crippen LogP contribution in [0.15, 0.2) is 39.5 Å². The summed E-state index contributed by atoms with van der Waals surface area (Å²) in [6.07, 6.45) is 4.73. The topological polar surface area (TPSA) is 117 Å². The lowest BCUT2D eigenvalue weighted by Crippen LogP contribution is -2.39. The Labute approximate surface area is 174 Å². The zero-order valence-electron chi connectivity index (χ0n) is 16.4. The number of benzene rings is 1. The molecule has 0 radical (unpaired) electrons. The van der Waals surface area contributed by atoms with Gasteiger partial charge in [0.1, 0.15) is 5.82 Å². The molecule has 0 unspecified atom stereocenters. The predicted molar refractivity (Wildman–Crippen MR) is 118 cm³/mol. The summed E-state index contributed by atoms with van der Waals surface area (Å²) in [5, 5.41) is 16.1. The summed E-state index contributed by atoms with van der Waals surface area (Å²) >= 11 is 3.40. The van der Waals surface area contributed by atoms with Crippen LogP contribution in [-0.4, -0.2) is 44.3 Å². The van der Waals surface area contributed by atoms with Gasteiger partial charge in [0.15, 0.2) is 0 Å². The first kappa shape index (κ1) is 22.3. The van der Waals surface area contributed by atoms with Crippen LogP contribution >= 0.6 is 26.1 Å². The average Bonchev–Trinajstić information content (AvgIpc) is 2.63. The number of anilines is 3. The number of hydrogen-bond acceptors (Lipinski definition) is 8. The summed E-state index contributed by atoms with van der Waals surface area (Å²) in [4.78, 5) is 31.8. The third-order valence-corrected chi connectivity index (χ3v) is 6.27. The number of hydrogen-bond donors (Lipinski definition) is 3. The van der Waals surface area contributed by atoms with Crippen molar-refractivity contribution in [2.24, 2.45) is 4.58 Å². The molecule has 0 aliphatic carbocycles. The van der Waals surface area contributed by atoms with Crippen molar-refractivity contribution in [2.75, 3.05) is 23.1 Å². The maximum absolute atomic E-state index is 12.3. The predicted octanol–water partition coefficient (Wildman–Crippen LogP) is 4.44. The van der Waals surface area contributed by atoms with E-state index in [-0.39, 0.29) is 11.2 Å². The Morgan fingerprint density at radius 2 is 1.89 bits per heavy atom. The van der Waals surface area contributed by atoms with E-state index >= 15 is 0 Å². The number of carbonyl (C=O) groups excluding carboxylic acids is 1. The summed E-state index contributed by atoms with van der Waals surface area (Å²) in [6.45, 7) is 5.28. The number of carbonyl (C=O) groups is 1. The van der Waals surface area contributed by atoms with Gasteiger partial charge in [-0.2, -0.15) is 4.98 Å². The fraction of sp³-hybridized carbons (Fsp3) is 0.389. The molecule has 1 heterocycles. The van der Waals surface area contributed by atoms with Crippen molar-refractivity contribution in [3.8, 4) is 0 Å². The molecule has 0 fully saturated rings. The fourth-order valence-corrected chi connectivity index (χ4v) is 3.14. The van der Waals surface area contributed by atoms with E-state index in [2.05, 4.69) is 41.1 Å². The second kappa shape index (κ2) is 8.54.